The Kier molecular flexibility index (Phi) is 15.2. The van der Waals surface area contributed by atoms with E-state index in [1.165, 1.54) is 0 Å². The van der Waals surface area contributed by atoms with Crippen molar-refractivity contribution >= 4 is 11.8 Å². The summed E-state index contributed by atoms with van der Waals surface area (Å²) in [6, 6.07) is 6.05. The van der Waals surface area contributed by atoms with Gasteiger partial charge in [0.1, 0.15) is 11.8 Å². The van der Waals surface area contributed by atoms with E-state index in [4.69, 9.17) is 10.5 Å². The number of phenols is 1. The van der Waals surface area contributed by atoms with Gasteiger partial charge < -0.3 is 31.5 Å². The highest BCUT2D eigenvalue weighted by atomic mass is 16.5. The molecule has 8 heteroatoms. The average Bonchev–Trinajstić information content (AvgIpc) is 2.75. The summed E-state index contributed by atoms with van der Waals surface area (Å²) in [5.41, 5.74) is 6.29. The second-order valence-electron chi connectivity index (χ2n) is 7.60. The zero-order valence-electron chi connectivity index (χ0n) is 18.8. The fourth-order valence-electron chi connectivity index (χ4n) is 2.99. The second-order valence-corrected chi connectivity index (χ2v) is 7.60. The first-order chi connectivity index (χ1) is 15.1. The van der Waals surface area contributed by atoms with Crippen molar-refractivity contribution in [1.29, 1.82) is 0 Å². The standard InChI is InChI=1S/C23H40N4O4/c1-2-7-22(29)27-21(18-19-8-10-20(28)11-9-19)23(30)26-15-6-14-25-13-3-4-16-31-17-5-12-24/h8-11,21,25,28H,2-7,12-18,24H2,1H3,(H,26,30)(H,27,29)/t21-/m0/s1. The lowest BCUT2D eigenvalue weighted by molar-refractivity contribution is -0.129. The number of hydrogen-bond acceptors (Lipinski definition) is 6. The maximum Gasteiger partial charge on any atom is 0.242 e. The third kappa shape index (κ3) is 13.7. The molecule has 6 N–H and O–H groups in total. The summed E-state index contributed by atoms with van der Waals surface area (Å²) < 4.78 is 5.46. The third-order valence-electron chi connectivity index (χ3n) is 4.72. The lowest BCUT2D eigenvalue weighted by Gasteiger charge is -2.19. The molecule has 0 fully saturated rings. The zero-order chi connectivity index (χ0) is 22.7. The van der Waals surface area contributed by atoms with Gasteiger partial charge in [-0.2, -0.15) is 0 Å². The highest BCUT2D eigenvalue weighted by Gasteiger charge is 2.20. The molecule has 1 aromatic carbocycles. The molecular formula is C23H40N4O4. The van der Waals surface area contributed by atoms with E-state index in [-0.39, 0.29) is 17.6 Å². The zero-order valence-corrected chi connectivity index (χ0v) is 18.8. The summed E-state index contributed by atoms with van der Waals surface area (Å²) in [7, 11) is 0. The van der Waals surface area contributed by atoms with Crippen molar-refractivity contribution in [3.8, 4) is 5.75 Å². The van der Waals surface area contributed by atoms with E-state index in [0.717, 1.165) is 64.0 Å². The van der Waals surface area contributed by atoms with Crippen molar-refractivity contribution in [1.82, 2.24) is 16.0 Å². The van der Waals surface area contributed by atoms with Gasteiger partial charge in [-0.15, -0.1) is 0 Å². The first-order valence-corrected chi connectivity index (χ1v) is 11.4. The SMILES string of the molecule is CCCC(=O)N[C@@H](Cc1ccc(O)cc1)C(=O)NCCCNCCCCOCCCN. The molecule has 0 saturated heterocycles. The number of rotatable bonds is 18. The van der Waals surface area contributed by atoms with Gasteiger partial charge in [-0.3, -0.25) is 9.59 Å². The summed E-state index contributed by atoms with van der Waals surface area (Å²) in [5, 5.41) is 18.5. The monoisotopic (exact) mass is 436 g/mol. The van der Waals surface area contributed by atoms with E-state index in [0.29, 0.717) is 25.9 Å². The van der Waals surface area contributed by atoms with Gasteiger partial charge in [-0.05, 0) is 69.4 Å². The van der Waals surface area contributed by atoms with Crippen LogP contribution in [0.4, 0.5) is 0 Å². The molecule has 0 heterocycles. The van der Waals surface area contributed by atoms with Crippen LogP contribution < -0.4 is 21.7 Å². The maximum atomic E-state index is 12.6. The molecule has 0 aromatic heterocycles. The molecule has 176 valence electrons. The number of hydrogen-bond donors (Lipinski definition) is 5. The molecule has 0 saturated carbocycles. The number of carbonyl (C=O) groups is 2. The molecule has 1 aromatic rings. The first-order valence-electron chi connectivity index (χ1n) is 11.4. The minimum atomic E-state index is -0.629. The fraction of sp³-hybridized carbons (Fsp3) is 0.652. The number of aromatic hydroxyl groups is 1. The lowest BCUT2D eigenvalue weighted by Crippen LogP contribution is -2.48. The third-order valence-corrected chi connectivity index (χ3v) is 4.72. The number of unbranched alkanes of at least 4 members (excludes halogenated alkanes) is 1. The fourth-order valence-corrected chi connectivity index (χ4v) is 2.99. The second kappa shape index (κ2) is 17.5. The number of carbonyl (C=O) groups excluding carboxylic acids is 2. The Balaban J connectivity index is 2.25. The van der Waals surface area contributed by atoms with Gasteiger partial charge >= 0.3 is 0 Å². The molecule has 0 aliphatic rings. The molecule has 2 amide bonds. The van der Waals surface area contributed by atoms with Crippen LogP contribution in [-0.4, -0.2) is 62.4 Å². The number of phenolic OH excluding ortho intramolecular Hbond substituents is 1. The van der Waals surface area contributed by atoms with Gasteiger partial charge in [0, 0.05) is 32.6 Å². The van der Waals surface area contributed by atoms with Crippen LogP contribution in [0.3, 0.4) is 0 Å². The predicted molar refractivity (Wildman–Crippen MR) is 123 cm³/mol. The molecule has 0 bridgehead atoms. The summed E-state index contributed by atoms with van der Waals surface area (Å²) in [4.78, 5) is 24.6. The molecule has 1 rings (SSSR count). The number of benzene rings is 1. The molecule has 0 spiro atoms. The molecule has 8 nitrogen and oxygen atoms in total. The van der Waals surface area contributed by atoms with E-state index in [9.17, 15) is 14.7 Å². The number of nitrogens with two attached hydrogens (primary N) is 1. The van der Waals surface area contributed by atoms with Crippen LogP contribution in [0.25, 0.3) is 0 Å². The summed E-state index contributed by atoms with van der Waals surface area (Å²) in [5.74, 6) is -0.145. The molecule has 0 aliphatic carbocycles. The maximum absolute atomic E-state index is 12.6. The van der Waals surface area contributed by atoms with Crippen molar-refractivity contribution in [3.05, 3.63) is 29.8 Å². The van der Waals surface area contributed by atoms with E-state index >= 15 is 0 Å². The summed E-state index contributed by atoms with van der Waals surface area (Å²) in [6.07, 6.45) is 5.28. The summed E-state index contributed by atoms with van der Waals surface area (Å²) in [6.45, 7) is 6.38. The lowest BCUT2D eigenvalue weighted by atomic mass is 10.0. The Morgan fingerprint density at radius 3 is 2.45 bits per heavy atom. The Morgan fingerprint density at radius 2 is 1.74 bits per heavy atom. The van der Waals surface area contributed by atoms with Gasteiger partial charge in [0.2, 0.25) is 11.8 Å². The molecule has 0 radical (unpaired) electrons. The first kappa shape index (κ1) is 26.9. The van der Waals surface area contributed by atoms with Gasteiger partial charge in [0.05, 0.1) is 0 Å². The van der Waals surface area contributed by atoms with E-state index in [2.05, 4.69) is 16.0 Å². The quantitative estimate of drug-likeness (QED) is 0.222. The molecule has 31 heavy (non-hydrogen) atoms. The summed E-state index contributed by atoms with van der Waals surface area (Å²) >= 11 is 0. The highest BCUT2D eigenvalue weighted by molar-refractivity contribution is 5.87. The van der Waals surface area contributed by atoms with E-state index in [1.54, 1.807) is 24.3 Å². The Labute approximate surface area is 186 Å². The normalized spacial score (nSPS) is 11.8. The molecular weight excluding hydrogens is 396 g/mol. The highest BCUT2D eigenvalue weighted by Crippen LogP contribution is 2.11. The smallest absolute Gasteiger partial charge is 0.242 e. The number of nitrogens with one attached hydrogen (secondary N) is 3. The van der Waals surface area contributed by atoms with E-state index < -0.39 is 6.04 Å². The average molecular weight is 437 g/mol. The van der Waals surface area contributed by atoms with Crippen molar-refractivity contribution in [2.24, 2.45) is 5.73 Å². The van der Waals surface area contributed by atoms with Crippen LogP contribution in [0.15, 0.2) is 24.3 Å². The van der Waals surface area contributed by atoms with Crippen LogP contribution in [-0.2, 0) is 20.7 Å². The van der Waals surface area contributed by atoms with Crippen molar-refractivity contribution in [2.75, 3.05) is 39.4 Å². The topological polar surface area (TPSA) is 126 Å². The Bertz CT molecular complexity index is 610. The van der Waals surface area contributed by atoms with Crippen LogP contribution in [0.2, 0.25) is 0 Å². The number of amides is 2. The minimum Gasteiger partial charge on any atom is -0.508 e. The van der Waals surface area contributed by atoms with Gasteiger partial charge in [-0.25, -0.2) is 0 Å². The van der Waals surface area contributed by atoms with Crippen molar-refractivity contribution in [3.63, 3.8) is 0 Å². The molecule has 0 unspecified atom stereocenters. The number of ether oxygens (including phenoxy) is 1. The van der Waals surface area contributed by atoms with Gasteiger partial charge in [-0.1, -0.05) is 19.1 Å². The minimum absolute atomic E-state index is 0.130. The van der Waals surface area contributed by atoms with Crippen molar-refractivity contribution < 1.29 is 19.4 Å². The van der Waals surface area contributed by atoms with Gasteiger partial charge in [0.15, 0.2) is 0 Å². The molecule has 1 atom stereocenters. The van der Waals surface area contributed by atoms with Crippen LogP contribution in [0.1, 0.15) is 51.0 Å². The molecule has 0 aliphatic heterocycles. The predicted octanol–water partition coefficient (Wildman–Crippen LogP) is 1.46. The van der Waals surface area contributed by atoms with Crippen molar-refractivity contribution in [2.45, 2.75) is 57.9 Å². The Morgan fingerprint density at radius 1 is 1.03 bits per heavy atom. The largest absolute Gasteiger partial charge is 0.508 e. The van der Waals surface area contributed by atoms with Crippen LogP contribution >= 0.6 is 0 Å². The van der Waals surface area contributed by atoms with Gasteiger partial charge in [0.25, 0.3) is 0 Å². The van der Waals surface area contributed by atoms with E-state index in [1.807, 2.05) is 6.92 Å². The Hall–Kier alpha value is -2.16. The van der Waals surface area contributed by atoms with Crippen LogP contribution in [0, 0.1) is 0 Å². The van der Waals surface area contributed by atoms with Crippen LogP contribution in [0.5, 0.6) is 5.75 Å².